The average molecular weight is 216 g/mol. The summed E-state index contributed by atoms with van der Waals surface area (Å²) in [5.41, 5.74) is 1.15. The maximum absolute atomic E-state index is 11.0. The van der Waals surface area contributed by atoms with Crippen LogP contribution in [0.5, 0.6) is 5.88 Å². The minimum atomic E-state index is -3.26. The Morgan fingerprint density at radius 2 is 2.14 bits per heavy atom. The van der Waals surface area contributed by atoms with Gasteiger partial charge in [0, 0.05) is 11.8 Å². The highest BCUT2D eigenvalue weighted by Gasteiger charge is 2.08. The zero-order chi connectivity index (χ0) is 10.8. The van der Waals surface area contributed by atoms with Crippen LogP contribution in [0.1, 0.15) is 5.56 Å². The maximum atomic E-state index is 11.0. The first-order valence-electron chi connectivity index (χ1n) is 3.91. The standard InChI is InChI=1S/C8H12N2O3S/c1-6-7(10-14(3,11)12)4-5-9-8(6)13-2/h4-5H,1-3H3,(H,9,10). The normalized spacial score (nSPS) is 11.1. The molecule has 0 spiro atoms. The maximum Gasteiger partial charge on any atom is 0.229 e. The summed E-state index contributed by atoms with van der Waals surface area (Å²) in [5.74, 6) is 0.415. The van der Waals surface area contributed by atoms with Crippen LogP contribution < -0.4 is 9.46 Å². The molecule has 1 aromatic rings. The molecule has 0 bridgehead atoms. The van der Waals surface area contributed by atoms with Crippen molar-refractivity contribution in [3.8, 4) is 5.88 Å². The number of nitrogens with zero attached hydrogens (tertiary/aromatic N) is 1. The largest absolute Gasteiger partial charge is 0.481 e. The van der Waals surface area contributed by atoms with Gasteiger partial charge in [-0.2, -0.15) is 0 Å². The Morgan fingerprint density at radius 3 is 2.64 bits per heavy atom. The van der Waals surface area contributed by atoms with E-state index in [1.54, 1.807) is 13.0 Å². The molecule has 1 heterocycles. The van der Waals surface area contributed by atoms with Crippen molar-refractivity contribution in [2.75, 3.05) is 18.1 Å². The van der Waals surface area contributed by atoms with E-state index in [9.17, 15) is 8.42 Å². The van der Waals surface area contributed by atoms with E-state index in [2.05, 4.69) is 9.71 Å². The lowest BCUT2D eigenvalue weighted by Crippen LogP contribution is -2.11. The minimum absolute atomic E-state index is 0.415. The van der Waals surface area contributed by atoms with E-state index in [0.29, 0.717) is 17.1 Å². The number of hydrogen-bond donors (Lipinski definition) is 1. The van der Waals surface area contributed by atoms with E-state index in [4.69, 9.17) is 4.74 Å². The summed E-state index contributed by atoms with van der Waals surface area (Å²) in [4.78, 5) is 3.93. The second kappa shape index (κ2) is 3.83. The Labute approximate surface area is 83.2 Å². The molecule has 14 heavy (non-hydrogen) atoms. The third-order valence-corrected chi connectivity index (χ3v) is 2.24. The Kier molecular flexibility index (Phi) is 2.95. The van der Waals surface area contributed by atoms with Crippen LogP contribution in [-0.4, -0.2) is 26.8 Å². The summed E-state index contributed by atoms with van der Waals surface area (Å²) in [6.45, 7) is 1.74. The average Bonchev–Trinajstić information content (AvgIpc) is 2.06. The van der Waals surface area contributed by atoms with Crippen molar-refractivity contribution < 1.29 is 13.2 Å². The predicted molar refractivity (Wildman–Crippen MR) is 54.0 cm³/mol. The Balaban J connectivity index is 3.10. The van der Waals surface area contributed by atoms with E-state index in [0.717, 1.165) is 6.26 Å². The third-order valence-electron chi connectivity index (χ3n) is 1.65. The number of nitrogens with one attached hydrogen (secondary N) is 1. The quantitative estimate of drug-likeness (QED) is 0.810. The molecule has 0 aliphatic carbocycles. The summed E-state index contributed by atoms with van der Waals surface area (Å²) >= 11 is 0. The van der Waals surface area contributed by atoms with Crippen molar-refractivity contribution in [2.45, 2.75) is 6.92 Å². The predicted octanol–water partition coefficient (Wildman–Crippen LogP) is 0.770. The second-order valence-corrected chi connectivity index (χ2v) is 4.62. The first-order valence-corrected chi connectivity index (χ1v) is 5.80. The zero-order valence-electron chi connectivity index (χ0n) is 8.23. The topological polar surface area (TPSA) is 68.3 Å². The fraction of sp³-hybridized carbons (Fsp3) is 0.375. The van der Waals surface area contributed by atoms with Crippen molar-refractivity contribution >= 4 is 15.7 Å². The van der Waals surface area contributed by atoms with Crippen molar-refractivity contribution in [1.82, 2.24) is 4.98 Å². The molecule has 0 radical (unpaired) electrons. The SMILES string of the molecule is COc1nccc(NS(C)(=O)=O)c1C. The van der Waals surface area contributed by atoms with Crippen LogP contribution in [0.15, 0.2) is 12.3 Å². The van der Waals surface area contributed by atoms with Crippen LogP contribution in [0.25, 0.3) is 0 Å². The highest BCUT2D eigenvalue weighted by Crippen LogP contribution is 2.22. The van der Waals surface area contributed by atoms with E-state index >= 15 is 0 Å². The number of rotatable bonds is 3. The Hall–Kier alpha value is -1.30. The van der Waals surface area contributed by atoms with Crippen molar-refractivity contribution in [3.05, 3.63) is 17.8 Å². The van der Waals surface area contributed by atoms with Gasteiger partial charge in [-0.25, -0.2) is 13.4 Å². The molecule has 6 heteroatoms. The molecule has 0 aliphatic rings. The molecular weight excluding hydrogens is 204 g/mol. The summed E-state index contributed by atoms with van der Waals surface area (Å²) < 4.78 is 29.3. The van der Waals surface area contributed by atoms with Crippen molar-refractivity contribution in [2.24, 2.45) is 0 Å². The Bertz CT molecular complexity index is 428. The zero-order valence-corrected chi connectivity index (χ0v) is 9.05. The number of hydrogen-bond acceptors (Lipinski definition) is 4. The lowest BCUT2D eigenvalue weighted by molar-refractivity contribution is 0.395. The van der Waals surface area contributed by atoms with Crippen LogP contribution in [0.2, 0.25) is 0 Å². The first kappa shape index (κ1) is 10.8. The molecule has 78 valence electrons. The first-order chi connectivity index (χ1) is 6.44. The van der Waals surface area contributed by atoms with E-state index in [1.807, 2.05) is 0 Å². The highest BCUT2D eigenvalue weighted by atomic mass is 32.2. The number of aromatic nitrogens is 1. The summed E-state index contributed by atoms with van der Waals surface area (Å²) in [6.07, 6.45) is 2.58. The molecule has 0 unspecified atom stereocenters. The molecule has 0 fully saturated rings. The molecule has 5 nitrogen and oxygen atoms in total. The van der Waals surface area contributed by atoms with Crippen LogP contribution in [-0.2, 0) is 10.0 Å². The van der Waals surface area contributed by atoms with Gasteiger partial charge < -0.3 is 4.74 Å². The second-order valence-electron chi connectivity index (χ2n) is 2.87. The van der Waals surface area contributed by atoms with E-state index in [1.165, 1.54) is 13.3 Å². The third kappa shape index (κ3) is 2.59. The number of pyridine rings is 1. The van der Waals surface area contributed by atoms with Crippen LogP contribution in [0.3, 0.4) is 0 Å². The molecule has 1 aromatic heterocycles. The van der Waals surface area contributed by atoms with Gasteiger partial charge in [0.25, 0.3) is 0 Å². The van der Waals surface area contributed by atoms with Gasteiger partial charge in [0.2, 0.25) is 15.9 Å². The lowest BCUT2D eigenvalue weighted by atomic mass is 10.2. The van der Waals surface area contributed by atoms with Crippen LogP contribution in [0.4, 0.5) is 5.69 Å². The number of sulfonamides is 1. The highest BCUT2D eigenvalue weighted by molar-refractivity contribution is 7.92. The summed E-state index contributed by atoms with van der Waals surface area (Å²) in [6, 6.07) is 1.58. The van der Waals surface area contributed by atoms with Gasteiger partial charge >= 0.3 is 0 Å². The number of methoxy groups -OCH3 is 1. The Morgan fingerprint density at radius 1 is 1.50 bits per heavy atom. The fourth-order valence-electron chi connectivity index (χ4n) is 1.03. The van der Waals surface area contributed by atoms with Gasteiger partial charge in [0.05, 0.1) is 19.1 Å². The smallest absolute Gasteiger partial charge is 0.229 e. The molecule has 0 atom stereocenters. The molecular formula is C8H12N2O3S. The van der Waals surface area contributed by atoms with Crippen LogP contribution in [0, 0.1) is 6.92 Å². The molecule has 0 saturated heterocycles. The van der Waals surface area contributed by atoms with E-state index in [-0.39, 0.29) is 0 Å². The fourth-order valence-corrected chi connectivity index (χ4v) is 1.65. The van der Waals surface area contributed by atoms with Crippen LogP contribution >= 0.6 is 0 Å². The monoisotopic (exact) mass is 216 g/mol. The molecule has 1 rings (SSSR count). The van der Waals surface area contributed by atoms with Gasteiger partial charge in [-0.1, -0.05) is 0 Å². The molecule has 0 aliphatic heterocycles. The molecule has 0 saturated carbocycles. The summed E-state index contributed by atoms with van der Waals surface area (Å²) in [5, 5.41) is 0. The number of ether oxygens (including phenoxy) is 1. The summed E-state index contributed by atoms with van der Waals surface area (Å²) in [7, 11) is -1.77. The van der Waals surface area contributed by atoms with Crippen molar-refractivity contribution in [1.29, 1.82) is 0 Å². The lowest BCUT2D eigenvalue weighted by Gasteiger charge is -2.09. The molecule has 1 N–H and O–H groups in total. The van der Waals surface area contributed by atoms with Gasteiger partial charge in [-0.05, 0) is 13.0 Å². The van der Waals surface area contributed by atoms with E-state index < -0.39 is 10.0 Å². The van der Waals surface area contributed by atoms with Gasteiger partial charge in [-0.15, -0.1) is 0 Å². The molecule has 0 aromatic carbocycles. The van der Waals surface area contributed by atoms with Gasteiger partial charge in [0.1, 0.15) is 0 Å². The number of anilines is 1. The molecule has 0 amide bonds. The van der Waals surface area contributed by atoms with Gasteiger partial charge in [-0.3, -0.25) is 4.72 Å². The van der Waals surface area contributed by atoms with Crippen molar-refractivity contribution in [3.63, 3.8) is 0 Å². The minimum Gasteiger partial charge on any atom is -0.481 e. The van der Waals surface area contributed by atoms with Gasteiger partial charge in [0.15, 0.2) is 0 Å².